The van der Waals surface area contributed by atoms with Crippen LogP contribution in [0.1, 0.15) is 81.2 Å². The van der Waals surface area contributed by atoms with Crippen LogP contribution in [0.4, 0.5) is 70.6 Å². The van der Waals surface area contributed by atoms with Crippen LogP contribution in [0.3, 0.4) is 0 Å². The first-order valence-corrected chi connectivity index (χ1v) is 20.8. The van der Waals surface area contributed by atoms with Gasteiger partial charge in [-0.15, -0.1) is 0 Å². The molecule has 4 bridgehead atoms. The number of carbonyl (C=O) groups excluding carboxylic acids is 6. The summed E-state index contributed by atoms with van der Waals surface area (Å²) in [5.74, 6) is -5.81. The van der Waals surface area contributed by atoms with Gasteiger partial charge in [0.25, 0.3) is 0 Å². The summed E-state index contributed by atoms with van der Waals surface area (Å²) >= 11 is 0. The van der Waals surface area contributed by atoms with Crippen LogP contribution in [-0.2, 0) is 4.74 Å². The fraction of sp³-hybridized carbons (Fsp3) is 0.395. The van der Waals surface area contributed by atoms with E-state index >= 15 is 0 Å². The van der Waals surface area contributed by atoms with E-state index in [-0.39, 0.29) is 57.9 Å². The highest BCUT2D eigenvalue weighted by Crippen LogP contribution is 2.41. The Morgan fingerprint density at radius 2 is 1.10 bits per heavy atom. The number of urea groups is 2. The maximum atomic E-state index is 13.2. The number of aromatic nitrogens is 4. The van der Waals surface area contributed by atoms with Crippen LogP contribution < -0.4 is 36.0 Å². The third-order valence-corrected chi connectivity index (χ3v) is 11.7. The van der Waals surface area contributed by atoms with Crippen LogP contribution in [0.2, 0.25) is 0 Å². The van der Waals surface area contributed by atoms with E-state index in [9.17, 15) is 55.1 Å². The molecular weight excluding hydrogens is 897 g/mol. The highest BCUT2D eigenvalue weighted by Gasteiger charge is 2.44. The largest absolute Gasteiger partial charge is 0.465 e. The summed E-state index contributed by atoms with van der Waals surface area (Å²) in [6, 6.07) is 9.86. The van der Waals surface area contributed by atoms with Crippen molar-refractivity contribution >= 4 is 70.2 Å². The minimum absolute atomic E-state index is 0.101. The molecule has 0 radical (unpaired) electrons. The summed E-state index contributed by atoms with van der Waals surface area (Å²) in [5, 5.41) is 5.24. The van der Waals surface area contributed by atoms with Crippen molar-refractivity contribution in [3.8, 4) is 0 Å². The number of ether oxygens (including phenoxy) is 1. The Morgan fingerprint density at radius 3 is 1.51 bits per heavy atom. The monoisotopic (exact) mass is 939 g/mol. The maximum absolute atomic E-state index is 13.2. The smallest absolute Gasteiger partial charge is 0.391 e. The van der Waals surface area contributed by atoms with E-state index in [0.717, 1.165) is 13.8 Å². The molecule has 4 N–H and O–H groups in total. The lowest BCUT2D eigenvalue weighted by atomic mass is 10.0. The van der Waals surface area contributed by atoms with Gasteiger partial charge >= 0.3 is 30.4 Å². The number of amides is 5. The molecule has 24 heteroatoms. The zero-order chi connectivity index (χ0) is 48.5. The van der Waals surface area contributed by atoms with Gasteiger partial charge in [-0.2, -0.15) is 26.3 Å². The molecule has 0 saturated carbocycles. The molecule has 2 fully saturated rings. The molecular formula is C43H43F6N11O7. The third kappa shape index (κ3) is 10.4. The topological polar surface area (TPSA) is 226 Å². The van der Waals surface area contributed by atoms with Gasteiger partial charge in [0, 0.05) is 57.0 Å². The van der Waals surface area contributed by atoms with Gasteiger partial charge in [0.2, 0.25) is 5.91 Å². The number of methoxy groups -OCH3 is 1. The van der Waals surface area contributed by atoms with E-state index in [1.165, 1.54) is 65.7 Å². The van der Waals surface area contributed by atoms with Gasteiger partial charge in [-0.25, -0.2) is 34.3 Å². The first-order chi connectivity index (χ1) is 31.6. The van der Waals surface area contributed by atoms with Crippen molar-refractivity contribution in [2.45, 2.75) is 64.0 Å². The van der Waals surface area contributed by atoms with Crippen molar-refractivity contribution in [1.82, 2.24) is 19.9 Å². The van der Waals surface area contributed by atoms with E-state index < -0.39 is 72.5 Å². The van der Waals surface area contributed by atoms with Gasteiger partial charge in [-0.05, 0) is 61.4 Å². The standard InChI is InChI=1S/C22H22F3N5O4.C21H21F3N6O3/c1-12(22(23,24)25)9-17(31)15-3-4-16-19(27-15)30(14-6-8-29(16)11-14)21(33)28-18-10-13(5-7-26-18)20(32)34-2;1-11(21(22,23)24)8-16(31)14-2-3-15-19(27-14)30(13-5-7-29(15)10-13)20(33)28-17-9-12(18(25)32)4-6-26-17/h3-5,7,10,12,14H,6,8-9,11H2,1-2H3,(H,26,28,33);2-4,6,9,11,13H,5,7-8,10H2,1H3,(H2,25,32)(H,26,28,33)/t12-,14-;11-,13-/m00/s1. The quantitative estimate of drug-likeness (QED) is 0.0862. The molecule has 8 heterocycles. The number of carbonyl (C=O) groups is 6. The number of halogens is 6. The van der Waals surface area contributed by atoms with Gasteiger partial charge < -0.3 is 20.3 Å². The number of nitrogens with one attached hydrogen (secondary N) is 2. The number of anilines is 6. The fourth-order valence-corrected chi connectivity index (χ4v) is 7.99. The molecule has 4 atom stereocenters. The van der Waals surface area contributed by atoms with Crippen LogP contribution in [-0.4, -0.2) is 113 Å². The van der Waals surface area contributed by atoms with Crippen molar-refractivity contribution in [3.05, 3.63) is 83.4 Å². The second kappa shape index (κ2) is 18.8. The summed E-state index contributed by atoms with van der Waals surface area (Å²) in [7, 11) is 1.23. The summed E-state index contributed by atoms with van der Waals surface area (Å²) in [6.45, 7) is 4.31. The van der Waals surface area contributed by atoms with Crippen molar-refractivity contribution in [2.24, 2.45) is 17.6 Å². The molecule has 354 valence electrons. The summed E-state index contributed by atoms with van der Waals surface area (Å²) in [6.07, 6.45) is -6.49. The molecule has 0 unspecified atom stereocenters. The number of pyridine rings is 4. The molecule has 8 rings (SSSR count). The van der Waals surface area contributed by atoms with E-state index in [1.807, 2.05) is 9.80 Å². The number of fused-ring (bicyclic) bond motifs is 8. The average molecular weight is 940 g/mol. The number of rotatable bonds is 10. The highest BCUT2D eigenvalue weighted by atomic mass is 19.4. The zero-order valence-electron chi connectivity index (χ0n) is 36.0. The number of Topliss-reactive ketones (excluding diaryl/α,β-unsaturated/α-hetero) is 2. The van der Waals surface area contributed by atoms with Gasteiger partial charge in [0.05, 0.1) is 48.0 Å². The minimum atomic E-state index is -4.49. The predicted octanol–water partition coefficient (Wildman–Crippen LogP) is 6.64. The van der Waals surface area contributed by atoms with Gasteiger partial charge in [0.15, 0.2) is 23.2 Å². The van der Waals surface area contributed by atoms with E-state index in [2.05, 4.69) is 35.3 Å². The van der Waals surface area contributed by atoms with Crippen LogP contribution >= 0.6 is 0 Å². The first kappa shape index (κ1) is 47.6. The van der Waals surface area contributed by atoms with E-state index in [0.29, 0.717) is 50.4 Å². The zero-order valence-corrected chi connectivity index (χ0v) is 36.0. The molecule has 4 aliphatic rings. The van der Waals surface area contributed by atoms with E-state index in [1.54, 1.807) is 12.1 Å². The van der Waals surface area contributed by atoms with Gasteiger partial charge in [-0.1, -0.05) is 13.8 Å². The Kier molecular flexibility index (Phi) is 13.4. The highest BCUT2D eigenvalue weighted by molar-refractivity contribution is 6.07. The van der Waals surface area contributed by atoms with Crippen LogP contribution in [0, 0.1) is 11.8 Å². The third-order valence-electron chi connectivity index (χ3n) is 11.7. The number of ketones is 2. The predicted molar refractivity (Wildman–Crippen MR) is 229 cm³/mol. The van der Waals surface area contributed by atoms with Crippen LogP contribution in [0.25, 0.3) is 0 Å². The summed E-state index contributed by atoms with van der Waals surface area (Å²) in [4.78, 5) is 98.0. The Bertz CT molecular complexity index is 2610. The minimum Gasteiger partial charge on any atom is -0.465 e. The first-order valence-electron chi connectivity index (χ1n) is 20.8. The average Bonchev–Trinajstić information content (AvgIpc) is 3.90. The van der Waals surface area contributed by atoms with Gasteiger partial charge in [0.1, 0.15) is 23.0 Å². The van der Waals surface area contributed by atoms with Crippen molar-refractivity contribution in [2.75, 3.05) is 63.5 Å². The number of hydrogen-bond acceptors (Lipinski definition) is 13. The molecule has 2 saturated heterocycles. The molecule has 4 aromatic rings. The maximum Gasteiger partial charge on any atom is 0.391 e. The lowest BCUT2D eigenvalue weighted by molar-refractivity contribution is -0.169. The van der Waals surface area contributed by atoms with Crippen LogP contribution in [0.5, 0.6) is 0 Å². The number of esters is 1. The molecule has 4 aliphatic heterocycles. The van der Waals surface area contributed by atoms with Crippen molar-refractivity contribution in [3.63, 3.8) is 0 Å². The van der Waals surface area contributed by atoms with Gasteiger partial charge in [-0.3, -0.25) is 34.8 Å². The Balaban J connectivity index is 0.000000199. The Morgan fingerprint density at radius 1 is 0.687 bits per heavy atom. The Labute approximate surface area is 377 Å². The SMILES string of the molecule is COC(=O)c1ccnc(NC(=O)N2c3nc(C(=O)C[C@H](C)C(F)(F)F)ccc3N3CC[C@H]2C3)c1.C[C@@H](CC(=O)c1ccc2c(n1)N(C(=O)Nc1cc(C(N)=O)ccn1)[C@H]1CCN2C1)C(F)(F)F. The Hall–Kier alpha value is -7.40. The molecule has 5 amide bonds. The second-order valence-corrected chi connectivity index (χ2v) is 16.3. The number of hydrogen-bond donors (Lipinski definition) is 3. The number of nitrogens with zero attached hydrogens (tertiary/aromatic N) is 8. The van der Waals surface area contributed by atoms with Crippen molar-refractivity contribution < 1.29 is 59.8 Å². The molecule has 18 nitrogen and oxygen atoms in total. The lowest BCUT2D eigenvalue weighted by Crippen LogP contribution is -2.48. The number of nitrogens with two attached hydrogens (primary N) is 1. The molecule has 67 heavy (non-hydrogen) atoms. The molecule has 0 aliphatic carbocycles. The summed E-state index contributed by atoms with van der Waals surface area (Å²) in [5.41, 5.74) is 6.57. The van der Waals surface area contributed by atoms with Crippen molar-refractivity contribution in [1.29, 1.82) is 0 Å². The molecule has 4 aromatic heterocycles. The van der Waals surface area contributed by atoms with E-state index in [4.69, 9.17) is 5.73 Å². The normalized spacial score (nSPS) is 17.9. The lowest BCUT2D eigenvalue weighted by Gasteiger charge is -2.35. The summed E-state index contributed by atoms with van der Waals surface area (Å²) < 4.78 is 82.1. The molecule has 0 spiro atoms. The second-order valence-electron chi connectivity index (χ2n) is 16.3. The number of primary amides is 1. The number of alkyl halides is 6. The molecule has 0 aromatic carbocycles. The van der Waals surface area contributed by atoms with Crippen LogP contribution in [0.15, 0.2) is 60.9 Å². The fourth-order valence-electron chi connectivity index (χ4n) is 7.99.